The third-order valence-corrected chi connectivity index (χ3v) is 2.98. The molecule has 0 heterocycles. The fraction of sp³-hybridized carbons (Fsp3) is 0.143. The Bertz CT molecular complexity index is 697. The third kappa shape index (κ3) is 2.35. The van der Waals surface area contributed by atoms with Gasteiger partial charge in [-0.05, 0) is 13.0 Å². The summed E-state index contributed by atoms with van der Waals surface area (Å²) >= 11 is 0. The smallest absolute Gasteiger partial charge is 0.337 e. The van der Waals surface area contributed by atoms with Crippen LogP contribution in [0.5, 0.6) is 5.75 Å². The topological polar surface area (TPSA) is 116 Å². The number of benzene rings is 2. The molecule has 2 rings (SSSR count). The zero-order valence-electron chi connectivity index (χ0n) is 10.8. The molecule has 0 aliphatic carbocycles. The summed E-state index contributed by atoms with van der Waals surface area (Å²) in [4.78, 5) is 22.3. The van der Waals surface area contributed by atoms with Crippen molar-refractivity contribution in [2.24, 2.45) is 5.73 Å². The number of nitrogen functional groups attached to an aromatic ring is 1. The maximum absolute atomic E-state index is 11.2. The Morgan fingerprint density at radius 1 is 1.25 bits per heavy atom. The fourth-order valence-corrected chi connectivity index (χ4v) is 1.89. The third-order valence-electron chi connectivity index (χ3n) is 2.98. The Kier molecular flexibility index (Phi) is 3.47. The summed E-state index contributed by atoms with van der Waals surface area (Å²) in [6.07, 6.45) is -0.872. The number of carboxylic acid groups (broad SMARTS) is 1. The monoisotopic (exact) mass is 274 g/mol. The van der Waals surface area contributed by atoms with E-state index in [1.54, 1.807) is 24.3 Å². The Labute approximate surface area is 114 Å². The first-order valence-corrected chi connectivity index (χ1v) is 5.92. The second kappa shape index (κ2) is 5.08. The average molecular weight is 274 g/mol. The van der Waals surface area contributed by atoms with E-state index in [1.807, 2.05) is 0 Å². The standard InChI is InChI=1S/C14H14N2O4/c1-7(13(16)17)20-11-6-10(14(18)19)12(15)9-5-3-2-4-8(9)11/h2-7H,15H2,1H3,(H2,16,17)(H,18,19). The molecule has 20 heavy (non-hydrogen) atoms. The molecular weight excluding hydrogens is 260 g/mol. The van der Waals surface area contributed by atoms with Crippen molar-refractivity contribution in [3.8, 4) is 5.75 Å². The van der Waals surface area contributed by atoms with Crippen molar-refractivity contribution in [1.82, 2.24) is 0 Å². The van der Waals surface area contributed by atoms with Gasteiger partial charge in [0.05, 0.1) is 11.3 Å². The second-order valence-corrected chi connectivity index (χ2v) is 4.35. The van der Waals surface area contributed by atoms with Crippen LogP contribution in [-0.2, 0) is 4.79 Å². The van der Waals surface area contributed by atoms with Crippen molar-refractivity contribution in [3.63, 3.8) is 0 Å². The van der Waals surface area contributed by atoms with Crippen molar-refractivity contribution < 1.29 is 19.4 Å². The molecule has 0 saturated heterocycles. The van der Waals surface area contributed by atoms with Gasteiger partial charge in [0.2, 0.25) is 0 Å². The van der Waals surface area contributed by atoms with Crippen LogP contribution in [0.25, 0.3) is 10.8 Å². The number of carbonyl (C=O) groups is 2. The number of rotatable bonds is 4. The van der Waals surface area contributed by atoms with Crippen molar-refractivity contribution in [1.29, 1.82) is 0 Å². The quantitative estimate of drug-likeness (QED) is 0.728. The first kappa shape index (κ1) is 13.7. The van der Waals surface area contributed by atoms with E-state index >= 15 is 0 Å². The zero-order chi connectivity index (χ0) is 14.9. The van der Waals surface area contributed by atoms with Crippen LogP contribution in [0, 0.1) is 0 Å². The number of carbonyl (C=O) groups excluding carboxylic acids is 1. The molecule has 0 fully saturated rings. The van der Waals surface area contributed by atoms with Crippen LogP contribution in [0.2, 0.25) is 0 Å². The van der Waals surface area contributed by atoms with Gasteiger partial charge in [-0.15, -0.1) is 0 Å². The van der Waals surface area contributed by atoms with Crippen LogP contribution in [-0.4, -0.2) is 23.1 Å². The van der Waals surface area contributed by atoms with Gasteiger partial charge in [-0.1, -0.05) is 24.3 Å². The first-order valence-electron chi connectivity index (χ1n) is 5.92. The number of hydrogen-bond acceptors (Lipinski definition) is 4. The number of fused-ring (bicyclic) bond motifs is 1. The Balaban J connectivity index is 2.66. The molecule has 6 nitrogen and oxygen atoms in total. The molecule has 0 spiro atoms. The van der Waals surface area contributed by atoms with Gasteiger partial charge in [0.25, 0.3) is 5.91 Å². The van der Waals surface area contributed by atoms with Crippen LogP contribution >= 0.6 is 0 Å². The Morgan fingerprint density at radius 2 is 1.85 bits per heavy atom. The molecule has 0 bridgehead atoms. The van der Waals surface area contributed by atoms with E-state index in [0.29, 0.717) is 10.8 Å². The molecule has 0 aromatic heterocycles. The molecule has 1 atom stereocenters. The predicted octanol–water partition coefficient (Wildman–Crippen LogP) is 1.37. The minimum absolute atomic E-state index is 0.0737. The predicted molar refractivity (Wildman–Crippen MR) is 74.6 cm³/mol. The molecule has 5 N–H and O–H groups in total. The molecule has 2 aromatic carbocycles. The SMILES string of the molecule is CC(Oc1cc(C(=O)O)c(N)c2ccccc12)C(N)=O. The summed E-state index contributed by atoms with van der Waals surface area (Å²) in [5.74, 6) is -1.54. The second-order valence-electron chi connectivity index (χ2n) is 4.35. The normalized spacial score (nSPS) is 12.1. The molecule has 104 valence electrons. The van der Waals surface area contributed by atoms with Gasteiger partial charge < -0.3 is 21.3 Å². The van der Waals surface area contributed by atoms with Gasteiger partial charge in [-0.25, -0.2) is 4.79 Å². The zero-order valence-corrected chi connectivity index (χ0v) is 10.8. The molecule has 2 aromatic rings. The maximum Gasteiger partial charge on any atom is 0.337 e. The number of ether oxygens (including phenoxy) is 1. The molecule has 1 unspecified atom stereocenters. The molecule has 0 radical (unpaired) electrons. The minimum atomic E-state index is -1.16. The van der Waals surface area contributed by atoms with E-state index < -0.39 is 18.0 Å². The van der Waals surface area contributed by atoms with Crippen LogP contribution in [0.4, 0.5) is 5.69 Å². The van der Waals surface area contributed by atoms with Crippen molar-refractivity contribution in [2.45, 2.75) is 13.0 Å². The highest BCUT2D eigenvalue weighted by Gasteiger charge is 2.18. The lowest BCUT2D eigenvalue weighted by Crippen LogP contribution is -2.30. The summed E-state index contributed by atoms with van der Waals surface area (Å²) < 4.78 is 5.44. The largest absolute Gasteiger partial charge is 0.480 e. The lowest BCUT2D eigenvalue weighted by Gasteiger charge is -2.16. The highest BCUT2D eigenvalue weighted by Crippen LogP contribution is 2.33. The van der Waals surface area contributed by atoms with Crippen molar-refractivity contribution in [2.75, 3.05) is 5.73 Å². The summed E-state index contributed by atoms with van der Waals surface area (Å²) in [5, 5.41) is 10.3. The highest BCUT2D eigenvalue weighted by molar-refractivity contribution is 6.07. The average Bonchev–Trinajstić information content (AvgIpc) is 2.41. The lowest BCUT2D eigenvalue weighted by molar-refractivity contribution is -0.123. The summed E-state index contributed by atoms with van der Waals surface area (Å²) in [6.45, 7) is 1.49. The van der Waals surface area contributed by atoms with E-state index in [4.69, 9.17) is 21.3 Å². The number of hydrogen-bond donors (Lipinski definition) is 3. The molecular formula is C14H14N2O4. The van der Waals surface area contributed by atoms with Gasteiger partial charge in [-0.3, -0.25) is 4.79 Å². The van der Waals surface area contributed by atoms with Gasteiger partial charge in [0.15, 0.2) is 6.10 Å². The van der Waals surface area contributed by atoms with Crippen LogP contribution in [0.15, 0.2) is 30.3 Å². The van der Waals surface area contributed by atoms with E-state index in [1.165, 1.54) is 13.0 Å². The van der Waals surface area contributed by atoms with Gasteiger partial charge in [-0.2, -0.15) is 0 Å². The van der Waals surface area contributed by atoms with Crippen molar-refractivity contribution >= 4 is 28.3 Å². The highest BCUT2D eigenvalue weighted by atomic mass is 16.5. The Morgan fingerprint density at radius 3 is 2.40 bits per heavy atom. The van der Waals surface area contributed by atoms with Crippen LogP contribution in [0.3, 0.4) is 0 Å². The van der Waals surface area contributed by atoms with Gasteiger partial charge in [0, 0.05) is 10.8 Å². The summed E-state index contributed by atoms with van der Waals surface area (Å²) in [6, 6.07) is 8.24. The number of anilines is 1. The minimum Gasteiger partial charge on any atom is -0.480 e. The summed E-state index contributed by atoms with van der Waals surface area (Å²) in [7, 11) is 0. The molecule has 0 aliphatic rings. The van der Waals surface area contributed by atoms with E-state index in [-0.39, 0.29) is 17.0 Å². The van der Waals surface area contributed by atoms with Crippen LogP contribution < -0.4 is 16.2 Å². The number of primary amides is 1. The van der Waals surface area contributed by atoms with Crippen LogP contribution in [0.1, 0.15) is 17.3 Å². The first-order chi connectivity index (χ1) is 9.41. The maximum atomic E-state index is 11.2. The summed E-state index contributed by atoms with van der Waals surface area (Å²) in [5.41, 5.74) is 11.1. The van der Waals surface area contributed by atoms with E-state index in [9.17, 15) is 9.59 Å². The lowest BCUT2D eigenvalue weighted by atomic mass is 10.0. The van der Waals surface area contributed by atoms with Crippen molar-refractivity contribution in [3.05, 3.63) is 35.9 Å². The molecule has 0 aliphatic heterocycles. The van der Waals surface area contributed by atoms with E-state index in [2.05, 4.69) is 0 Å². The fourth-order valence-electron chi connectivity index (χ4n) is 1.89. The molecule has 0 saturated carbocycles. The molecule has 6 heteroatoms. The molecule has 1 amide bonds. The number of nitrogens with two attached hydrogens (primary N) is 2. The Hall–Kier alpha value is -2.76. The number of amides is 1. The van der Waals surface area contributed by atoms with E-state index in [0.717, 1.165) is 0 Å². The number of carboxylic acids is 1. The number of aromatic carboxylic acids is 1. The van der Waals surface area contributed by atoms with Gasteiger partial charge in [0.1, 0.15) is 5.75 Å². The van der Waals surface area contributed by atoms with Gasteiger partial charge >= 0.3 is 5.97 Å².